The molecule has 0 bridgehead atoms. The molecular weight excluding hydrogens is 252 g/mol. The van der Waals surface area contributed by atoms with Crippen LogP contribution < -0.4 is 5.73 Å². The van der Waals surface area contributed by atoms with Crippen molar-refractivity contribution in [2.45, 2.75) is 25.3 Å². The fourth-order valence-electron chi connectivity index (χ4n) is 2.67. The number of ether oxygens (including phenoxy) is 1. The Morgan fingerprint density at radius 3 is 2.85 bits per heavy atom. The molecule has 0 spiro atoms. The van der Waals surface area contributed by atoms with Gasteiger partial charge in [0.25, 0.3) is 0 Å². The van der Waals surface area contributed by atoms with Gasteiger partial charge >= 0.3 is 0 Å². The third kappa shape index (κ3) is 4.32. The largest absolute Gasteiger partial charge is 0.381 e. The van der Waals surface area contributed by atoms with Gasteiger partial charge in [0.2, 0.25) is 5.91 Å². The van der Waals surface area contributed by atoms with Crippen LogP contribution in [0.5, 0.6) is 0 Å². The van der Waals surface area contributed by atoms with Gasteiger partial charge in [0, 0.05) is 20.2 Å². The Hall–Kier alpha value is -1.39. The molecule has 1 aliphatic heterocycles. The van der Waals surface area contributed by atoms with Gasteiger partial charge in [-0.15, -0.1) is 0 Å². The molecule has 0 radical (unpaired) electrons. The van der Waals surface area contributed by atoms with Crippen molar-refractivity contribution in [3.63, 3.8) is 0 Å². The number of nitrogens with two attached hydrogens (primary N) is 1. The van der Waals surface area contributed by atoms with E-state index >= 15 is 0 Å². The number of nitrogens with zero attached hydrogens (tertiary/aromatic N) is 1. The summed E-state index contributed by atoms with van der Waals surface area (Å²) in [5.41, 5.74) is 7.13. The van der Waals surface area contributed by atoms with E-state index in [2.05, 4.69) is 0 Å². The van der Waals surface area contributed by atoms with E-state index in [0.717, 1.165) is 38.2 Å². The second-order valence-electron chi connectivity index (χ2n) is 5.60. The van der Waals surface area contributed by atoms with Crippen LogP contribution in [0.3, 0.4) is 0 Å². The summed E-state index contributed by atoms with van der Waals surface area (Å²) < 4.78 is 5.45. The maximum atomic E-state index is 12.3. The van der Waals surface area contributed by atoms with Gasteiger partial charge in [-0.05, 0) is 30.7 Å². The number of amides is 1. The zero-order chi connectivity index (χ0) is 14.4. The summed E-state index contributed by atoms with van der Waals surface area (Å²) >= 11 is 0. The number of likely N-dealkylation sites (N-methyl/N-ethyl adjacent to an activating group) is 1. The van der Waals surface area contributed by atoms with E-state index < -0.39 is 6.04 Å². The first-order valence-electron chi connectivity index (χ1n) is 7.29. The van der Waals surface area contributed by atoms with E-state index in [4.69, 9.17) is 10.5 Å². The molecule has 1 aromatic carbocycles. The minimum atomic E-state index is -0.466. The molecule has 4 nitrogen and oxygen atoms in total. The first-order valence-corrected chi connectivity index (χ1v) is 7.29. The van der Waals surface area contributed by atoms with E-state index in [1.807, 2.05) is 37.4 Å². The predicted octanol–water partition coefficient (Wildman–Crippen LogP) is 1.44. The van der Waals surface area contributed by atoms with Gasteiger partial charge in [0.1, 0.15) is 0 Å². The van der Waals surface area contributed by atoms with Crippen LogP contribution >= 0.6 is 0 Å². The number of carbonyl (C=O) groups excluding carboxylic acids is 1. The Morgan fingerprint density at radius 1 is 1.45 bits per heavy atom. The Balaban J connectivity index is 1.82. The van der Waals surface area contributed by atoms with Crippen molar-refractivity contribution in [1.82, 2.24) is 4.90 Å². The van der Waals surface area contributed by atoms with Crippen molar-refractivity contribution in [1.29, 1.82) is 0 Å². The molecule has 1 unspecified atom stereocenters. The van der Waals surface area contributed by atoms with Gasteiger partial charge in [0.05, 0.1) is 12.6 Å². The molecule has 0 aromatic heterocycles. The second-order valence-corrected chi connectivity index (χ2v) is 5.60. The van der Waals surface area contributed by atoms with Gasteiger partial charge in [-0.1, -0.05) is 30.3 Å². The third-order valence-corrected chi connectivity index (χ3v) is 3.78. The van der Waals surface area contributed by atoms with Crippen molar-refractivity contribution < 1.29 is 9.53 Å². The molecule has 2 rings (SSSR count). The molecule has 0 saturated carbocycles. The van der Waals surface area contributed by atoms with Crippen LogP contribution in [-0.4, -0.2) is 43.7 Å². The third-order valence-electron chi connectivity index (χ3n) is 3.78. The maximum absolute atomic E-state index is 12.3. The smallest absolute Gasteiger partial charge is 0.239 e. The van der Waals surface area contributed by atoms with Crippen molar-refractivity contribution in [2.75, 3.05) is 26.8 Å². The number of carbonyl (C=O) groups is 1. The lowest BCUT2D eigenvalue weighted by Crippen LogP contribution is -2.45. The van der Waals surface area contributed by atoms with Crippen LogP contribution in [-0.2, 0) is 16.0 Å². The molecule has 1 heterocycles. The van der Waals surface area contributed by atoms with Crippen LogP contribution in [0.25, 0.3) is 0 Å². The molecule has 1 aliphatic rings. The summed E-state index contributed by atoms with van der Waals surface area (Å²) in [4.78, 5) is 14.0. The van der Waals surface area contributed by atoms with E-state index in [1.54, 1.807) is 4.90 Å². The molecule has 1 aromatic rings. The molecular formula is C16H24N2O2. The average Bonchev–Trinajstić information content (AvgIpc) is 2.48. The van der Waals surface area contributed by atoms with Crippen molar-refractivity contribution in [2.24, 2.45) is 11.7 Å². The van der Waals surface area contributed by atoms with Gasteiger partial charge in [-0.25, -0.2) is 0 Å². The van der Waals surface area contributed by atoms with Gasteiger partial charge < -0.3 is 15.4 Å². The van der Waals surface area contributed by atoms with Gasteiger partial charge in [-0.2, -0.15) is 0 Å². The number of benzene rings is 1. The Bertz CT molecular complexity index is 416. The topological polar surface area (TPSA) is 55.6 Å². The van der Waals surface area contributed by atoms with Crippen LogP contribution in [0.15, 0.2) is 30.3 Å². The zero-order valence-corrected chi connectivity index (χ0v) is 12.1. The van der Waals surface area contributed by atoms with Crippen LogP contribution in [0, 0.1) is 5.92 Å². The number of rotatable bonds is 5. The van der Waals surface area contributed by atoms with Crippen LogP contribution in [0.2, 0.25) is 0 Å². The summed E-state index contributed by atoms with van der Waals surface area (Å²) in [6, 6.07) is 9.44. The highest BCUT2D eigenvalue weighted by atomic mass is 16.5. The fraction of sp³-hybridized carbons (Fsp3) is 0.562. The molecule has 20 heavy (non-hydrogen) atoms. The molecule has 110 valence electrons. The molecule has 2 atom stereocenters. The SMILES string of the molecule is CN(CC1CCCOC1)C(=O)[C@@H](N)Cc1ccccc1. The lowest BCUT2D eigenvalue weighted by Gasteiger charge is -2.28. The molecule has 0 aliphatic carbocycles. The second kappa shape index (κ2) is 7.41. The average molecular weight is 276 g/mol. The molecule has 4 heteroatoms. The summed E-state index contributed by atoms with van der Waals surface area (Å²) in [5, 5.41) is 0. The minimum absolute atomic E-state index is 0.0134. The fourth-order valence-corrected chi connectivity index (χ4v) is 2.67. The quantitative estimate of drug-likeness (QED) is 0.885. The van der Waals surface area contributed by atoms with E-state index in [-0.39, 0.29) is 5.91 Å². The van der Waals surface area contributed by atoms with E-state index in [1.165, 1.54) is 0 Å². The first-order chi connectivity index (χ1) is 9.66. The molecule has 1 saturated heterocycles. The van der Waals surface area contributed by atoms with Crippen molar-refractivity contribution in [3.8, 4) is 0 Å². The maximum Gasteiger partial charge on any atom is 0.239 e. The zero-order valence-electron chi connectivity index (χ0n) is 12.1. The van der Waals surface area contributed by atoms with Crippen LogP contribution in [0.4, 0.5) is 0 Å². The summed E-state index contributed by atoms with van der Waals surface area (Å²) in [6.07, 6.45) is 2.81. The van der Waals surface area contributed by atoms with Gasteiger partial charge in [-0.3, -0.25) is 4.79 Å². The summed E-state index contributed by atoms with van der Waals surface area (Å²) in [5.74, 6) is 0.459. The highest BCUT2D eigenvalue weighted by Gasteiger charge is 2.22. The number of hydrogen-bond acceptors (Lipinski definition) is 3. The molecule has 2 N–H and O–H groups in total. The predicted molar refractivity (Wildman–Crippen MR) is 79.3 cm³/mol. The highest BCUT2D eigenvalue weighted by molar-refractivity contribution is 5.81. The monoisotopic (exact) mass is 276 g/mol. The van der Waals surface area contributed by atoms with Crippen molar-refractivity contribution >= 4 is 5.91 Å². The Kier molecular flexibility index (Phi) is 5.56. The highest BCUT2D eigenvalue weighted by Crippen LogP contribution is 2.15. The van der Waals surface area contributed by atoms with E-state index in [0.29, 0.717) is 12.3 Å². The molecule has 1 fully saturated rings. The summed E-state index contributed by atoms with van der Waals surface area (Å²) in [6.45, 7) is 2.34. The first kappa shape index (κ1) is 15.0. The molecule has 1 amide bonds. The van der Waals surface area contributed by atoms with Gasteiger partial charge in [0.15, 0.2) is 0 Å². The lowest BCUT2D eigenvalue weighted by atomic mass is 10.0. The Labute approximate surface area is 120 Å². The van der Waals surface area contributed by atoms with Crippen molar-refractivity contribution in [3.05, 3.63) is 35.9 Å². The van der Waals surface area contributed by atoms with Crippen LogP contribution in [0.1, 0.15) is 18.4 Å². The minimum Gasteiger partial charge on any atom is -0.381 e. The number of hydrogen-bond donors (Lipinski definition) is 1. The summed E-state index contributed by atoms with van der Waals surface area (Å²) in [7, 11) is 1.84. The normalized spacial score (nSPS) is 20.4. The Morgan fingerprint density at radius 2 is 2.20 bits per heavy atom. The standard InChI is InChI=1S/C16H24N2O2/c1-18(11-14-8-5-9-20-12-14)16(19)15(17)10-13-6-3-2-4-7-13/h2-4,6-7,14-15H,5,8-12,17H2,1H3/t14?,15-/m0/s1. The van der Waals surface area contributed by atoms with E-state index in [9.17, 15) is 4.79 Å². The lowest BCUT2D eigenvalue weighted by molar-refractivity contribution is -0.132.